The summed E-state index contributed by atoms with van der Waals surface area (Å²) in [6.07, 6.45) is 2.92. The fourth-order valence-corrected chi connectivity index (χ4v) is 3.50. The van der Waals surface area contributed by atoms with Crippen molar-refractivity contribution < 1.29 is 13.2 Å². The van der Waals surface area contributed by atoms with Crippen LogP contribution in [-0.2, 0) is 20.0 Å². The lowest BCUT2D eigenvalue weighted by atomic mass is 9.86. The molecule has 1 saturated heterocycles. The summed E-state index contributed by atoms with van der Waals surface area (Å²) in [6, 6.07) is 8.34. The van der Waals surface area contributed by atoms with Gasteiger partial charge >= 0.3 is 0 Å². The zero-order chi connectivity index (χ0) is 17.4. The molecule has 0 bridgehead atoms. The first-order chi connectivity index (χ1) is 10.5. The minimum atomic E-state index is -3.36. The maximum absolute atomic E-state index is 12.5. The number of carbonyl (C=O) groups excluding carboxylic acids is 1. The standard InChI is InChI=1S/C18H27NO3S/c1-13(23(5,21)22)17(20)19-12-6-7-16(19)14-8-10-15(11-9-14)18(2,3)4/h8-11,13,16H,6-7,12H2,1-5H3. The number of nitrogens with zero attached hydrogens (tertiary/aromatic N) is 1. The molecule has 0 aliphatic carbocycles. The van der Waals surface area contributed by atoms with Crippen LogP contribution >= 0.6 is 0 Å². The summed E-state index contributed by atoms with van der Waals surface area (Å²) in [5.74, 6) is -0.283. The van der Waals surface area contributed by atoms with Crippen molar-refractivity contribution in [2.75, 3.05) is 12.8 Å². The van der Waals surface area contributed by atoms with Gasteiger partial charge in [-0.05, 0) is 36.3 Å². The first-order valence-electron chi connectivity index (χ1n) is 8.11. The highest BCUT2D eigenvalue weighted by Gasteiger charge is 2.35. The Labute approximate surface area is 139 Å². The molecule has 0 aromatic heterocycles. The Kier molecular flexibility index (Phi) is 4.90. The molecule has 0 spiro atoms. The molecule has 0 radical (unpaired) electrons. The summed E-state index contributed by atoms with van der Waals surface area (Å²) in [5, 5.41) is -0.975. The fourth-order valence-electron chi connectivity index (χ4n) is 3.00. The Hall–Kier alpha value is -1.36. The van der Waals surface area contributed by atoms with E-state index in [0.717, 1.165) is 24.7 Å². The minimum absolute atomic E-state index is 0.0132. The highest BCUT2D eigenvalue weighted by molar-refractivity contribution is 7.92. The van der Waals surface area contributed by atoms with Gasteiger partial charge in [0.1, 0.15) is 5.25 Å². The van der Waals surface area contributed by atoms with E-state index in [-0.39, 0.29) is 17.4 Å². The maximum Gasteiger partial charge on any atom is 0.241 e. The summed E-state index contributed by atoms with van der Waals surface area (Å²) >= 11 is 0. The van der Waals surface area contributed by atoms with Crippen LogP contribution in [0.3, 0.4) is 0 Å². The fraction of sp³-hybridized carbons (Fsp3) is 0.611. The molecule has 1 amide bonds. The van der Waals surface area contributed by atoms with Crippen LogP contribution in [0, 0.1) is 0 Å². The average Bonchev–Trinajstić information content (AvgIpc) is 2.93. The molecule has 2 atom stereocenters. The number of benzene rings is 1. The van der Waals surface area contributed by atoms with Crippen LogP contribution in [0.5, 0.6) is 0 Å². The summed E-state index contributed by atoms with van der Waals surface area (Å²) in [6.45, 7) is 8.61. The van der Waals surface area contributed by atoms with Gasteiger partial charge in [-0.3, -0.25) is 4.79 Å². The molecule has 1 fully saturated rings. The molecule has 0 saturated carbocycles. The molecule has 128 valence electrons. The van der Waals surface area contributed by atoms with E-state index in [4.69, 9.17) is 0 Å². The van der Waals surface area contributed by atoms with Gasteiger partial charge in [-0.15, -0.1) is 0 Å². The van der Waals surface area contributed by atoms with Gasteiger partial charge in [0.15, 0.2) is 9.84 Å². The summed E-state index contributed by atoms with van der Waals surface area (Å²) in [5.41, 5.74) is 2.43. The average molecular weight is 337 g/mol. The van der Waals surface area contributed by atoms with Crippen LogP contribution in [0.25, 0.3) is 0 Å². The number of hydrogen-bond donors (Lipinski definition) is 0. The van der Waals surface area contributed by atoms with E-state index in [9.17, 15) is 13.2 Å². The monoisotopic (exact) mass is 337 g/mol. The van der Waals surface area contributed by atoms with Crippen LogP contribution < -0.4 is 0 Å². The number of sulfone groups is 1. The lowest BCUT2D eigenvalue weighted by Crippen LogP contribution is -2.40. The first kappa shape index (κ1) is 18.0. The maximum atomic E-state index is 12.5. The predicted molar refractivity (Wildman–Crippen MR) is 93.1 cm³/mol. The van der Waals surface area contributed by atoms with E-state index in [1.807, 2.05) is 0 Å². The Morgan fingerprint density at radius 2 is 1.78 bits per heavy atom. The van der Waals surface area contributed by atoms with Gasteiger partial charge in [0.2, 0.25) is 5.91 Å². The van der Waals surface area contributed by atoms with Crippen molar-refractivity contribution in [2.24, 2.45) is 0 Å². The molecule has 4 nitrogen and oxygen atoms in total. The lowest BCUT2D eigenvalue weighted by molar-refractivity contribution is -0.131. The van der Waals surface area contributed by atoms with Crippen LogP contribution in [0.1, 0.15) is 57.7 Å². The minimum Gasteiger partial charge on any atom is -0.335 e. The second-order valence-electron chi connectivity index (χ2n) is 7.53. The van der Waals surface area contributed by atoms with Crippen molar-refractivity contribution in [1.82, 2.24) is 4.90 Å². The van der Waals surface area contributed by atoms with Gasteiger partial charge in [0, 0.05) is 12.8 Å². The Morgan fingerprint density at radius 1 is 1.22 bits per heavy atom. The highest BCUT2D eigenvalue weighted by atomic mass is 32.2. The third kappa shape index (κ3) is 3.94. The Bertz CT molecular complexity index is 671. The second-order valence-corrected chi connectivity index (χ2v) is 9.90. The van der Waals surface area contributed by atoms with Gasteiger partial charge in [0.25, 0.3) is 0 Å². The number of rotatable bonds is 3. The Morgan fingerprint density at radius 3 is 2.26 bits per heavy atom. The smallest absolute Gasteiger partial charge is 0.241 e. The van der Waals surface area contributed by atoms with Gasteiger partial charge in [-0.1, -0.05) is 45.0 Å². The quantitative estimate of drug-likeness (QED) is 0.852. The second kappa shape index (κ2) is 6.27. The van der Waals surface area contributed by atoms with Gasteiger partial charge < -0.3 is 4.90 Å². The van der Waals surface area contributed by atoms with E-state index in [1.165, 1.54) is 12.5 Å². The van der Waals surface area contributed by atoms with Gasteiger partial charge in [-0.2, -0.15) is 0 Å². The van der Waals surface area contributed by atoms with E-state index < -0.39 is 15.1 Å². The molecular formula is C18H27NO3S. The van der Waals surface area contributed by atoms with Crippen molar-refractivity contribution in [1.29, 1.82) is 0 Å². The summed E-state index contributed by atoms with van der Waals surface area (Å²) in [4.78, 5) is 14.3. The van der Waals surface area contributed by atoms with Crippen LogP contribution in [-0.4, -0.2) is 37.3 Å². The van der Waals surface area contributed by atoms with Crippen molar-refractivity contribution in [3.8, 4) is 0 Å². The van der Waals surface area contributed by atoms with E-state index in [1.54, 1.807) is 4.90 Å². The van der Waals surface area contributed by atoms with Crippen LogP contribution in [0.4, 0.5) is 0 Å². The third-order valence-electron chi connectivity index (χ3n) is 4.69. The molecule has 1 aliphatic heterocycles. The van der Waals surface area contributed by atoms with E-state index in [2.05, 4.69) is 45.0 Å². The number of likely N-dealkylation sites (tertiary alicyclic amines) is 1. The molecule has 1 aliphatic rings. The van der Waals surface area contributed by atoms with Gasteiger partial charge in [-0.25, -0.2) is 8.42 Å². The SMILES string of the molecule is CC(C(=O)N1CCCC1c1ccc(C(C)(C)C)cc1)S(C)(=O)=O. The number of hydrogen-bond acceptors (Lipinski definition) is 3. The highest BCUT2D eigenvalue weighted by Crippen LogP contribution is 2.34. The first-order valence-corrected chi connectivity index (χ1v) is 10.1. The largest absolute Gasteiger partial charge is 0.335 e. The van der Waals surface area contributed by atoms with Gasteiger partial charge in [0.05, 0.1) is 6.04 Å². The van der Waals surface area contributed by atoms with Crippen molar-refractivity contribution in [3.05, 3.63) is 35.4 Å². The molecule has 1 aromatic rings. The molecule has 0 N–H and O–H groups in total. The third-order valence-corrected chi connectivity index (χ3v) is 6.17. The molecular weight excluding hydrogens is 310 g/mol. The molecule has 1 heterocycles. The van der Waals surface area contributed by atoms with Crippen molar-refractivity contribution in [2.45, 2.75) is 57.2 Å². The summed E-state index contributed by atoms with van der Waals surface area (Å²) < 4.78 is 23.4. The predicted octanol–water partition coefficient (Wildman–Crippen LogP) is 3.08. The lowest BCUT2D eigenvalue weighted by Gasteiger charge is -2.28. The van der Waals surface area contributed by atoms with E-state index in [0.29, 0.717) is 6.54 Å². The molecule has 1 aromatic carbocycles. The van der Waals surface area contributed by atoms with Crippen LogP contribution in [0.2, 0.25) is 0 Å². The summed E-state index contributed by atoms with van der Waals surface area (Å²) in [7, 11) is -3.36. The normalized spacial score (nSPS) is 20.6. The Balaban J connectivity index is 2.24. The van der Waals surface area contributed by atoms with E-state index >= 15 is 0 Å². The number of amides is 1. The van der Waals surface area contributed by atoms with Crippen molar-refractivity contribution >= 4 is 15.7 Å². The topological polar surface area (TPSA) is 54.5 Å². The van der Waals surface area contributed by atoms with Crippen LogP contribution in [0.15, 0.2) is 24.3 Å². The van der Waals surface area contributed by atoms with Crippen molar-refractivity contribution in [3.63, 3.8) is 0 Å². The molecule has 23 heavy (non-hydrogen) atoms. The zero-order valence-corrected chi connectivity index (χ0v) is 15.5. The molecule has 2 unspecified atom stereocenters. The zero-order valence-electron chi connectivity index (χ0n) is 14.7. The number of carbonyl (C=O) groups is 1. The molecule has 5 heteroatoms. The molecule has 2 rings (SSSR count).